The van der Waals surface area contributed by atoms with Gasteiger partial charge < -0.3 is 9.32 Å². The second-order valence-corrected chi connectivity index (χ2v) is 9.60. The minimum absolute atomic E-state index is 0.00648. The minimum atomic E-state index is -0.0581. The zero-order valence-corrected chi connectivity index (χ0v) is 18.9. The molecular weight excluding hydrogens is 398 g/mol. The van der Waals surface area contributed by atoms with Crippen molar-refractivity contribution in [2.24, 2.45) is 10.5 Å². The van der Waals surface area contributed by atoms with E-state index in [-0.39, 0.29) is 11.3 Å². The average Bonchev–Trinajstić information content (AvgIpc) is 3.12. The highest BCUT2D eigenvalue weighted by Gasteiger charge is 2.37. The lowest BCUT2D eigenvalue weighted by molar-refractivity contribution is 0.0954. The number of furan rings is 1. The fourth-order valence-electron chi connectivity index (χ4n) is 4.93. The van der Waals surface area contributed by atoms with Crippen LogP contribution >= 0.6 is 0 Å². The Balaban J connectivity index is 1.52. The fourth-order valence-corrected chi connectivity index (χ4v) is 4.93. The summed E-state index contributed by atoms with van der Waals surface area (Å²) in [5, 5.41) is 4.75. The summed E-state index contributed by atoms with van der Waals surface area (Å²) in [6.07, 6.45) is 3.57. The van der Waals surface area contributed by atoms with Crippen molar-refractivity contribution < 1.29 is 9.21 Å². The van der Waals surface area contributed by atoms with E-state index in [1.807, 2.05) is 60.4 Å². The number of para-hydroxylation sites is 2. The fraction of sp³-hybridized carbons (Fsp3) is 0.333. The summed E-state index contributed by atoms with van der Waals surface area (Å²) in [6.45, 7) is 7.13. The molecule has 3 aromatic rings. The van der Waals surface area contributed by atoms with Crippen LogP contribution in [0.5, 0.6) is 0 Å². The molecule has 164 valence electrons. The van der Waals surface area contributed by atoms with Crippen LogP contribution < -0.4 is 10.3 Å². The van der Waals surface area contributed by atoms with E-state index in [4.69, 9.17) is 9.52 Å². The van der Waals surface area contributed by atoms with Gasteiger partial charge in [-0.1, -0.05) is 50.2 Å². The molecule has 1 aliphatic carbocycles. The van der Waals surface area contributed by atoms with E-state index in [1.54, 1.807) is 0 Å². The zero-order chi connectivity index (χ0) is 22.3. The van der Waals surface area contributed by atoms with Crippen molar-refractivity contribution in [1.29, 1.82) is 0 Å². The van der Waals surface area contributed by atoms with Gasteiger partial charge in [0.2, 0.25) is 0 Å². The molecule has 2 heterocycles. The number of aryl methyl sites for hydroxylation is 1. The van der Waals surface area contributed by atoms with Gasteiger partial charge in [-0.3, -0.25) is 10.2 Å². The predicted molar refractivity (Wildman–Crippen MR) is 129 cm³/mol. The first-order chi connectivity index (χ1) is 15.4. The molecule has 5 rings (SSSR count). The number of amides is 1. The molecule has 0 saturated heterocycles. The minimum Gasteiger partial charge on any atom is -0.455 e. The van der Waals surface area contributed by atoms with E-state index >= 15 is 0 Å². The second-order valence-electron chi connectivity index (χ2n) is 9.60. The number of benzene rings is 2. The Labute approximate surface area is 189 Å². The molecule has 1 aromatic heterocycles. The van der Waals surface area contributed by atoms with Gasteiger partial charge in [-0.15, -0.1) is 0 Å². The molecular formula is C27H29N3O2. The molecule has 0 spiro atoms. The molecule has 5 nitrogen and oxygen atoms in total. The van der Waals surface area contributed by atoms with Gasteiger partial charge in [-0.25, -0.2) is 0 Å². The summed E-state index contributed by atoms with van der Waals surface area (Å²) < 4.78 is 6.29. The maximum absolute atomic E-state index is 13.6. The largest absolute Gasteiger partial charge is 0.455 e. The van der Waals surface area contributed by atoms with Gasteiger partial charge in [-0.2, -0.15) is 5.10 Å². The Hall–Kier alpha value is -3.34. The Morgan fingerprint density at radius 3 is 2.62 bits per heavy atom. The highest BCUT2D eigenvalue weighted by molar-refractivity contribution is 6.10. The van der Waals surface area contributed by atoms with E-state index < -0.39 is 0 Å². The van der Waals surface area contributed by atoms with E-state index in [1.165, 1.54) is 5.56 Å². The lowest BCUT2D eigenvalue weighted by Gasteiger charge is -2.29. The quantitative estimate of drug-likeness (QED) is 0.524. The lowest BCUT2D eigenvalue weighted by atomic mass is 9.75. The van der Waals surface area contributed by atoms with Gasteiger partial charge in [0.1, 0.15) is 5.76 Å². The van der Waals surface area contributed by atoms with Gasteiger partial charge in [0, 0.05) is 29.8 Å². The summed E-state index contributed by atoms with van der Waals surface area (Å²) in [5.41, 5.74) is 9.16. The number of nitrogens with zero attached hydrogens (tertiary/aromatic N) is 2. The molecule has 0 fully saturated rings. The number of hydrazone groups is 1. The lowest BCUT2D eigenvalue weighted by Crippen LogP contribution is -2.35. The molecule has 2 aliphatic rings. The molecule has 0 saturated carbocycles. The summed E-state index contributed by atoms with van der Waals surface area (Å²) in [4.78, 5) is 15.5. The first-order valence-corrected chi connectivity index (χ1v) is 11.3. The Morgan fingerprint density at radius 1 is 1.06 bits per heavy atom. The third kappa shape index (κ3) is 3.72. The number of hydrogen-bond donors (Lipinski definition) is 1. The van der Waals surface area contributed by atoms with Gasteiger partial charge in [0.25, 0.3) is 5.91 Å². The Morgan fingerprint density at radius 2 is 1.81 bits per heavy atom. The monoisotopic (exact) mass is 427 g/mol. The SMILES string of the molecule is Cc1c(C(=O)N2CCCc3ccccc32)oc2c1/C(=N\Nc1ccccc1)CC(C)(C)C2. The molecule has 2 aromatic carbocycles. The molecule has 32 heavy (non-hydrogen) atoms. The summed E-state index contributed by atoms with van der Waals surface area (Å²) >= 11 is 0. The van der Waals surface area contributed by atoms with E-state index in [2.05, 4.69) is 25.3 Å². The van der Waals surface area contributed by atoms with E-state index in [0.29, 0.717) is 12.3 Å². The van der Waals surface area contributed by atoms with Crippen LogP contribution in [0.15, 0.2) is 64.1 Å². The first-order valence-electron chi connectivity index (χ1n) is 11.3. The van der Waals surface area contributed by atoms with Crippen molar-refractivity contribution in [2.75, 3.05) is 16.9 Å². The molecule has 0 bridgehead atoms. The smallest absolute Gasteiger partial charge is 0.294 e. The van der Waals surface area contributed by atoms with Crippen molar-refractivity contribution >= 4 is 23.0 Å². The van der Waals surface area contributed by atoms with Crippen LogP contribution in [0.25, 0.3) is 0 Å². The predicted octanol–water partition coefficient (Wildman–Crippen LogP) is 5.97. The van der Waals surface area contributed by atoms with Crippen molar-refractivity contribution in [3.8, 4) is 0 Å². The summed E-state index contributed by atoms with van der Waals surface area (Å²) in [6, 6.07) is 18.1. The number of fused-ring (bicyclic) bond motifs is 2. The highest BCUT2D eigenvalue weighted by Crippen LogP contribution is 2.40. The molecule has 0 radical (unpaired) electrons. The Kier molecular flexibility index (Phi) is 5.12. The van der Waals surface area contributed by atoms with E-state index in [9.17, 15) is 4.79 Å². The van der Waals surface area contributed by atoms with Crippen LogP contribution in [0, 0.1) is 12.3 Å². The van der Waals surface area contributed by atoms with Crippen molar-refractivity contribution in [2.45, 2.75) is 46.5 Å². The van der Waals surface area contributed by atoms with Gasteiger partial charge >= 0.3 is 0 Å². The molecule has 5 heteroatoms. The standard InChI is InChI=1S/C27H29N3O2/c1-18-24-21(29-28-20-12-5-4-6-13-20)16-27(2,3)17-23(24)32-25(18)26(31)30-15-9-11-19-10-7-8-14-22(19)30/h4-8,10,12-14,28H,9,11,15-17H2,1-3H3/b29-21-. The van der Waals surface area contributed by atoms with Crippen molar-refractivity contribution in [1.82, 2.24) is 0 Å². The molecule has 1 N–H and O–H groups in total. The third-order valence-corrected chi connectivity index (χ3v) is 6.44. The van der Waals surface area contributed by atoms with Gasteiger partial charge in [0.15, 0.2) is 5.76 Å². The third-order valence-electron chi connectivity index (χ3n) is 6.44. The first kappa shape index (κ1) is 20.6. The second kappa shape index (κ2) is 7.97. The van der Waals surface area contributed by atoms with Crippen molar-refractivity contribution in [3.05, 3.63) is 82.8 Å². The highest BCUT2D eigenvalue weighted by atomic mass is 16.4. The van der Waals surface area contributed by atoms with Crippen LogP contribution in [0.1, 0.15) is 59.7 Å². The number of nitrogens with one attached hydrogen (secondary N) is 1. The summed E-state index contributed by atoms with van der Waals surface area (Å²) in [7, 11) is 0. The molecule has 0 atom stereocenters. The van der Waals surface area contributed by atoms with Crippen LogP contribution in [0.4, 0.5) is 11.4 Å². The maximum Gasteiger partial charge on any atom is 0.294 e. The number of carbonyl (C=O) groups excluding carboxylic acids is 1. The number of anilines is 2. The maximum atomic E-state index is 13.6. The van der Waals surface area contributed by atoms with Crippen molar-refractivity contribution in [3.63, 3.8) is 0 Å². The summed E-state index contributed by atoms with van der Waals surface area (Å²) in [5.74, 6) is 1.25. The average molecular weight is 428 g/mol. The number of rotatable bonds is 3. The molecule has 0 unspecified atom stereocenters. The molecule has 1 aliphatic heterocycles. The Bertz CT molecular complexity index is 1190. The van der Waals surface area contributed by atoms with Crippen LogP contribution in [-0.4, -0.2) is 18.2 Å². The number of carbonyl (C=O) groups is 1. The topological polar surface area (TPSA) is 57.8 Å². The van der Waals surface area contributed by atoms with Crippen LogP contribution in [0.2, 0.25) is 0 Å². The van der Waals surface area contributed by atoms with Crippen LogP contribution in [0.3, 0.4) is 0 Å². The normalized spacial score (nSPS) is 18.2. The number of hydrogen-bond acceptors (Lipinski definition) is 4. The zero-order valence-electron chi connectivity index (χ0n) is 18.9. The van der Waals surface area contributed by atoms with E-state index in [0.717, 1.165) is 59.7 Å². The molecule has 1 amide bonds. The van der Waals surface area contributed by atoms with Crippen LogP contribution in [-0.2, 0) is 12.8 Å². The van der Waals surface area contributed by atoms with Gasteiger partial charge in [-0.05, 0) is 55.4 Å². The van der Waals surface area contributed by atoms with Gasteiger partial charge in [0.05, 0.1) is 11.4 Å².